The molecular formula is C14H18N4O2S. The van der Waals surface area contributed by atoms with Gasteiger partial charge in [-0.05, 0) is 32.4 Å². The zero-order valence-electron chi connectivity index (χ0n) is 11.9. The van der Waals surface area contributed by atoms with Crippen LogP contribution in [0.15, 0.2) is 12.1 Å². The molecule has 1 aromatic heterocycles. The van der Waals surface area contributed by atoms with Gasteiger partial charge in [0.1, 0.15) is 5.69 Å². The molecule has 1 atom stereocenters. The zero-order valence-corrected chi connectivity index (χ0v) is 12.7. The van der Waals surface area contributed by atoms with Crippen molar-refractivity contribution in [2.75, 3.05) is 18.4 Å². The normalized spacial score (nSPS) is 18.8. The van der Waals surface area contributed by atoms with Crippen LogP contribution in [0, 0.1) is 17.0 Å². The van der Waals surface area contributed by atoms with E-state index in [2.05, 4.69) is 15.6 Å². The van der Waals surface area contributed by atoms with Crippen molar-refractivity contribution in [3.63, 3.8) is 0 Å². The number of hydrogen-bond acceptors (Lipinski definition) is 6. The van der Waals surface area contributed by atoms with E-state index in [1.807, 2.05) is 6.92 Å². The number of thiazole rings is 1. The number of nitro benzene ring substituents is 1. The lowest BCUT2D eigenvalue weighted by molar-refractivity contribution is -0.383. The second-order valence-electron chi connectivity index (χ2n) is 5.35. The first-order chi connectivity index (χ1) is 10.1. The van der Waals surface area contributed by atoms with E-state index < -0.39 is 0 Å². The third-order valence-electron chi connectivity index (χ3n) is 3.76. The molecule has 1 saturated heterocycles. The largest absolute Gasteiger partial charge is 0.378 e. The van der Waals surface area contributed by atoms with Crippen LogP contribution in [0.1, 0.15) is 24.3 Å². The molecule has 1 aromatic carbocycles. The molecule has 0 amide bonds. The second kappa shape index (κ2) is 5.95. The van der Waals surface area contributed by atoms with Gasteiger partial charge in [0, 0.05) is 18.7 Å². The summed E-state index contributed by atoms with van der Waals surface area (Å²) in [5.41, 5.74) is 1.51. The third-order valence-corrected chi connectivity index (χ3v) is 4.69. The van der Waals surface area contributed by atoms with Gasteiger partial charge in [0.05, 0.1) is 20.1 Å². The summed E-state index contributed by atoms with van der Waals surface area (Å²) in [6.07, 6.45) is 3.53. The van der Waals surface area contributed by atoms with Crippen molar-refractivity contribution in [1.29, 1.82) is 0 Å². The monoisotopic (exact) mass is 306 g/mol. The van der Waals surface area contributed by atoms with E-state index in [-0.39, 0.29) is 10.6 Å². The Morgan fingerprint density at radius 1 is 1.52 bits per heavy atom. The number of aromatic nitrogens is 1. The predicted octanol–water partition coefficient (Wildman–Crippen LogP) is 3.07. The lowest BCUT2D eigenvalue weighted by atomic mass is 10.1. The number of piperidine rings is 1. The highest BCUT2D eigenvalue weighted by atomic mass is 32.1. The minimum absolute atomic E-state index is 0.127. The van der Waals surface area contributed by atoms with Gasteiger partial charge in [-0.15, -0.1) is 11.3 Å². The van der Waals surface area contributed by atoms with Crippen LogP contribution in [-0.2, 0) is 0 Å². The van der Waals surface area contributed by atoms with E-state index >= 15 is 0 Å². The van der Waals surface area contributed by atoms with Crippen molar-refractivity contribution in [3.05, 3.63) is 27.3 Å². The molecule has 1 aliphatic heterocycles. The van der Waals surface area contributed by atoms with E-state index in [0.29, 0.717) is 18.3 Å². The van der Waals surface area contributed by atoms with Crippen LogP contribution in [0.5, 0.6) is 0 Å². The van der Waals surface area contributed by atoms with Gasteiger partial charge in [0.25, 0.3) is 5.69 Å². The summed E-state index contributed by atoms with van der Waals surface area (Å²) < 4.78 is 0.862. The molecule has 3 rings (SSSR count). The fourth-order valence-corrected chi connectivity index (χ4v) is 3.54. The molecule has 0 spiro atoms. The SMILES string of the molecule is Cc1nc2cc(NCC3CCCCN3)c([N+](=O)[O-])cc2s1. The lowest BCUT2D eigenvalue weighted by Gasteiger charge is -2.24. The van der Waals surface area contributed by atoms with Crippen molar-refractivity contribution < 1.29 is 4.92 Å². The van der Waals surface area contributed by atoms with Crippen LogP contribution < -0.4 is 10.6 Å². The number of aryl methyl sites for hydroxylation is 1. The number of fused-ring (bicyclic) bond motifs is 1. The second-order valence-corrected chi connectivity index (χ2v) is 6.59. The molecule has 2 heterocycles. The Kier molecular flexibility index (Phi) is 4.03. The number of rotatable bonds is 4. The summed E-state index contributed by atoms with van der Waals surface area (Å²) in [5.74, 6) is 0. The third kappa shape index (κ3) is 3.14. The number of nitrogens with zero attached hydrogens (tertiary/aromatic N) is 2. The molecule has 1 fully saturated rings. The van der Waals surface area contributed by atoms with Crippen LogP contribution >= 0.6 is 11.3 Å². The summed E-state index contributed by atoms with van der Waals surface area (Å²) in [6, 6.07) is 3.79. The minimum Gasteiger partial charge on any atom is -0.378 e. The average Bonchev–Trinajstić information content (AvgIpc) is 2.84. The molecule has 0 aliphatic carbocycles. The van der Waals surface area contributed by atoms with Crippen LogP contribution in [0.25, 0.3) is 10.2 Å². The van der Waals surface area contributed by atoms with Gasteiger partial charge in [-0.1, -0.05) is 6.42 Å². The molecule has 0 saturated carbocycles. The fraction of sp³-hybridized carbons (Fsp3) is 0.500. The Morgan fingerprint density at radius 2 is 2.38 bits per heavy atom. The van der Waals surface area contributed by atoms with Gasteiger partial charge in [0.2, 0.25) is 0 Å². The number of nitrogens with one attached hydrogen (secondary N) is 2. The Bertz CT molecular complexity index is 664. The summed E-state index contributed by atoms with van der Waals surface area (Å²) in [7, 11) is 0. The fourth-order valence-electron chi connectivity index (χ4n) is 2.70. The Morgan fingerprint density at radius 3 is 3.10 bits per heavy atom. The topological polar surface area (TPSA) is 80.1 Å². The van der Waals surface area contributed by atoms with Crippen molar-refractivity contribution in [2.45, 2.75) is 32.2 Å². The summed E-state index contributed by atoms with van der Waals surface area (Å²) in [4.78, 5) is 15.3. The molecule has 2 aromatic rings. The molecule has 7 heteroatoms. The predicted molar refractivity (Wildman–Crippen MR) is 85.1 cm³/mol. The first-order valence-electron chi connectivity index (χ1n) is 7.16. The Balaban J connectivity index is 1.84. The summed E-state index contributed by atoms with van der Waals surface area (Å²) in [5, 5.41) is 18.8. The molecule has 1 aliphatic rings. The quantitative estimate of drug-likeness (QED) is 0.670. The van der Waals surface area contributed by atoms with Gasteiger partial charge in [-0.3, -0.25) is 10.1 Å². The summed E-state index contributed by atoms with van der Waals surface area (Å²) in [6.45, 7) is 3.64. The van der Waals surface area contributed by atoms with Crippen LogP contribution in [-0.4, -0.2) is 29.0 Å². The highest BCUT2D eigenvalue weighted by Gasteiger charge is 2.19. The van der Waals surface area contributed by atoms with E-state index in [1.54, 1.807) is 12.1 Å². The van der Waals surface area contributed by atoms with Crippen LogP contribution in [0.3, 0.4) is 0 Å². The van der Waals surface area contributed by atoms with Crippen molar-refractivity contribution in [2.24, 2.45) is 0 Å². The zero-order chi connectivity index (χ0) is 14.8. The number of benzene rings is 1. The maximum atomic E-state index is 11.3. The number of nitro groups is 1. The average molecular weight is 306 g/mol. The van der Waals surface area contributed by atoms with E-state index in [1.165, 1.54) is 24.2 Å². The van der Waals surface area contributed by atoms with E-state index in [0.717, 1.165) is 28.2 Å². The van der Waals surface area contributed by atoms with Crippen LogP contribution in [0.4, 0.5) is 11.4 Å². The first kappa shape index (κ1) is 14.2. The minimum atomic E-state index is -0.328. The smallest absolute Gasteiger partial charge is 0.293 e. The molecule has 2 N–H and O–H groups in total. The maximum Gasteiger partial charge on any atom is 0.293 e. The van der Waals surface area contributed by atoms with Crippen LogP contribution in [0.2, 0.25) is 0 Å². The molecule has 0 bridgehead atoms. The highest BCUT2D eigenvalue weighted by molar-refractivity contribution is 7.18. The number of anilines is 1. The van der Waals surface area contributed by atoms with Crippen molar-refractivity contribution in [3.8, 4) is 0 Å². The van der Waals surface area contributed by atoms with E-state index in [4.69, 9.17) is 0 Å². The Hall–Kier alpha value is -1.73. The standard InChI is InChI=1S/C14H18N4O2S/c1-9-17-12-6-11(13(18(19)20)7-14(12)21-9)16-8-10-4-2-3-5-15-10/h6-7,10,15-16H,2-5,8H2,1H3. The Labute approximate surface area is 126 Å². The van der Waals surface area contributed by atoms with Crippen molar-refractivity contribution in [1.82, 2.24) is 10.3 Å². The number of hydrogen-bond donors (Lipinski definition) is 2. The van der Waals surface area contributed by atoms with E-state index in [9.17, 15) is 10.1 Å². The maximum absolute atomic E-state index is 11.3. The molecule has 1 unspecified atom stereocenters. The molecule has 21 heavy (non-hydrogen) atoms. The first-order valence-corrected chi connectivity index (χ1v) is 7.98. The van der Waals surface area contributed by atoms with Gasteiger partial charge in [-0.25, -0.2) is 4.98 Å². The van der Waals surface area contributed by atoms with Gasteiger partial charge in [-0.2, -0.15) is 0 Å². The lowest BCUT2D eigenvalue weighted by Crippen LogP contribution is -2.39. The van der Waals surface area contributed by atoms with Gasteiger partial charge < -0.3 is 10.6 Å². The van der Waals surface area contributed by atoms with Gasteiger partial charge >= 0.3 is 0 Å². The molecule has 0 radical (unpaired) electrons. The highest BCUT2D eigenvalue weighted by Crippen LogP contribution is 2.33. The van der Waals surface area contributed by atoms with Gasteiger partial charge in [0.15, 0.2) is 0 Å². The molecular weight excluding hydrogens is 288 g/mol. The molecule has 6 nitrogen and oxygen atoms in total. The molecule has 112 valence electrons. The summed E-state index contributed by atoms with van der Waals surface area (Å²) >= 11 is 1.48. The van der Waals surface area contributed by atoms with Crippen molar-refractivity contribution >= 4 is 32.9 Å².